The number of imidazole rings is 1. The Labute approximate surface area is 232 Å². The summed E-state index contributed by atoms with van der Waals surface area (Å²) in [4.78, 5) is 27.9. The number of aromatic nitrogens is 2. The molecule has 0 saturated heterocycles. The average Bonchev–Trinajstić information content (AvgIpc) is 3.36. The number of amides is 1. The number of alkyl halides is 3. The number of nitrogens with zero attached hydrogens (tertiary/aromatic N) is 2. The summed E-state index contributed by atoms with van der Waals surface area (Å²) >= 11 is 0. The van der Waals surface area contributed by atoms with Crippen LogP contribution in [0.1, 0.15) is 59.6 Å². The number of carbonyl (C=O) groups is 2. The summed E-state index contributed by atoms with van der Waals surface area (Å²) in [6.07, 6.45) is 2.46. The highest BCUT2D eigenvalue weighted by atomic mass is 19.4. The van der Waals surface area contributed by atoms with Gasteiger partial charge in [0.05, 0.1) is 0 Å². The fraction of sp³-hybridized carbons (Fsp3) is 0.300. The highest BCUT2D eigenvalue weighted by Crippen LogP contribution is 2.37. The van der Waals surface area contributed by atoms with Gasteiger partial charge in [-0.05, 0) is 84.5 Å². The molecule has 1 aliphatic rings. The minimum atomic E-state index is -4.92. The molecule has 2 N–H and O–H groups in total. The van der Waals surface area contributed by atoms with E-state index in [1.807, 2.05) is 24.4 Å². The van der Waals surface area contributed by atoms with Gasteiger partial charge in [0.1, 0.15) is 22.9 Å². The largest absolute Gasteiger partial charge is 0.573 e. The maximum absolute atomic E-state index is 14.1. The van der Waals surface area contributed by atoms with Crippen molar-refractivity contribution in [3.63, 3.8) is 0 Å². The van der Waals surface area contributed by atoms with E-state index in [1.165, 1.54) is 11.8 Å². The van der Waals surface area contributed by atoms with Crippen LogP contribution in [0.25, 0.3) is 16.8 Å². The molecule has 5 rings (SSSR count). The van der Waals surface area contributed by atoms with E-state index in [2.05, 4.69) is 27.2 Å². The first-order chi connectivity index (χ1) is 19.5. The highest BCUT2D eigenvalue weighted by molar-refractivity contribution is 5.92. The first-order valence-electron chi connectivity index (χ1n) is 13.2. The molecule has 1 amide bonds. The molecule has 1 aliphatic carbocycles. The summed E-state index contributed by atoms with van der Waals surface area (Å²) in [7, 11) is 0. The molecular formula is C30H27F4N3O4. The van der Waals surface area contributed by atoms with Crippen LogP contribution >= 0.6 is 0 Å². The Balaban J connectivity index is 1.23. The van der Waals surface area contributed by atoms with E-state index in [0.29, 0.717) is 11.6 Å². The molecule has 7 nitrogen and oxygen atoms in total. The van der Waals surface area contributed by atoms with Gasteiger partial charge in [-0.25, -0.2) is 9.37 Å². The second-order valence-corrected chi connectivity index (χ2v) is 10.2. The van der Waals surface area contributed by atoms with Crippen molar-refractivity contribution in [2.75, 3.05) is 0 Å². The van der Waals surface area contributed by atoms with Crippen LogP contribution in [0.3, 0.4) is 0 Å². The molecule has 0 bridgehead atoms. The van der Waals surface area contributed by atoms with Crippen LogP contribution in [0.2, 0.25) is 0 Å². The van der Waals surface area contributed by atoms with E-state index in [-0.39, 0.29) is 30.1 Å². The lowest BCUT2D eigenvalue weighted by Gasteiger charge is -2.28. The first-order valence-corrected chi connectivity index (χ1v) is 13.2. The van der Waals surface area contributed by atoms with Crippen LogP contribution in [0.15, 0.2) is 67.0 Å². The third-order valence-corrected chi connectivity index (χ3v) is 7.40. The first kappa shape index (κ1) is 28.1. The molecule has 0 aliphatic heterocycles. The normalized spacial score (nSPS) is 17.4. The molecule has 41 heavy (non-hydrogen) atoms. The zero-order valence-electron chi connectivity index (χ0n) is 21.8. The lowest BCUT2D eigenvalue weighted by Crippen LogP contribution is -2.24. The topological polar surface area (TPSA) is 92.9 Å². The van der Waals surface area contributed by atoms with Gasteiger partial charge in [0, 0.05) is 30.9 Å². The molecule has 0 atom stereocenters. The van der Waals surface area contributed by atoms with E-state index in [4.69, 9.17) is 5.11 Å². The summed E-state index contributed by atoms with van der Waals surface area (Å²) < 4.78 is 57.0. The van der Waals surface area contributed by atoms with Gasteiger partial charge in [-0.2, -0.15) is 0 Å². The molecule has 4 aromatic rings. The molecule has 2 aromatic heterocycles. The maximum atomic E-state index is 14.1. The number of carboxylic acid groups (broad SMARTS) is 1. The van der Waals surface area contributed by atoms with Crippen molar-refractivity contribution < 1.29 is 37.0 Å². The Morgan fingerprint density at radius 2 is 1.68 bits per heavy atom. The maximum Gasteiger partial charge on any atom is 0.573 e. The van der Waals surface area contributed by atoms with E-state index in [9.17, 15) is 27.2 Å². The smallest absolute Gasteiger partial charge is 0.481 e. The molecule has 0 radical (unpaired) electrons. The Morgan fingerprint density at radius 1 is 0.976 bits per heavy atom. The summed E-state index contributed by atoms with van der Waals surface area (Å²) in [6.45, 7) is -0.355. The summed E-state index contributed by atoms with van der Waals surface area (Å²) in [6, 6.07) is 14.5. The molecule has 0 unspecified atom stereocenters. The summed E-state index contributed by atoms with van der Waals surface area (Å²) in [5.41, 5.74) is 3.54. The molecular weight excluding hydrogens is 542 g/mol. The Kier molecular flexibility index (Phi) is 7.96. The molecule has 2 aromatic carbocycles. The van der Waals surface area contributed by atoms with Gasteiger partial charge >= 0.3 is 12.3 Å². The number of hydrogen-bond acceptors (Lipinski definition) is 4. The Bertz CT molecular complexity index is 1560. The van der Waals surface area contributed by atoms with Gasteiger partial charge in [-0.15, -0.1) is 13.2 Å². The van der Waals surface area contributed by atoms with Crippen LogP contribution in [0.5, 0.6) is 5.75 Å². The van der Waals surface area contributed by atoms with Crippen molar-refractivity contribution in [1.29, 1.82) is 0 Å². The van der Waals surface area contributed by atoms with E-state index in [1.54, 1.807) is 10.5 Å². The number of carbonyl (C=O) groups excluding carboxylic acids is 1. The number of nitrogens with one attached hydrogen (secondary N) is 1. The quantitative estimate of drug-likeness (QED) is 0.230. The summed E-state index contributed by atoms with van der Waals surface area (Å²) in [5, 5.41) is 11.5. The number of hydrogen-bond donors (Lipinski definition) is 2. The van der Waals surface area contributed by atoms with Crippen molar-refractivity contribution in [3.05, 3.63) is 89.6 Å². The predicted octanol–water partition coefficient (Wildman–Crippen LogP) is 6.72. The number of fused-ring (bicyclic) bond motifs is 1. The number of halogens is 4. The fourth-order valence-electron chi connectivity index (χ4n) is 5.32. The van der Waals surface area contributed by atoms with Crippen LogP contribution in [0.4, 0.5) is 17.6 Å². The third-order valence-electron chi connectivity index (χ3n) is 7.40. The number of aliphatic carboxylic acids is 1. The standard InChI is InChI=1S/C30H27F4N3O4/c31-25-11-10-24(41-30(32,33)34)14-23(25)15-35-29(40)26-17-37-16-22(9-12-27(37)36-26)21-7-5-20(6-8-21)19-3-1-18(2-4-19)13-28(38)39/h5-12,14,16-19H,1-4,13,15H2,(H,35,40)(H,38,39)/t18-,19-. The molecule has 2 heterocycles. The van der Waals surface area contributed by atoms with Gasteiger partial charge in [-0.1, -0.05) is 24.3 Å². The Morgan fingerprint density at radius 3 is 2.37 bits per heavy atom. The average molecular weight is 570 g/mol. The lowest BCUT2D eigenvalue weighted by atomic mass is 9.77. The number of benzene rings is 2. The van der Waals surface area contributed by atoms with Crippen LogP contribution < -0.4 is 10.1 Å². The van der Waals surface area contributed by atoms with Gasteiger partial charge in [0.15, 0.2) is 0 Å². The van der Waals surface area contributed by atoms with Gasteiger partial charge in [-0.3, -0.25) is 9.59 Å². The Hall–Kier alpha value is -4.41. The van der Waals surface area contributed by atoms with Crippen molar-refractivity contribution >= 4 is 17.5 Å². The molecule has 11 heteroatoms. The zero-order valence-corrected chi connectivity index (χ0v) is 21.8. The molecule has 1 fully saturated rings. The summed E-state index contributed by atoms with van der Waals surface area (Å²) in [5.74, 6) is -2.04. The monoisotopic (exact) mass is 569 g/mol. The van der Waals surface area contributed by atoms with Gasteiger partial charge in [0.25, 0.3) is 5.91 Å². The van der Waals surface area contributed by atoms with Crippen molar-refractivity contribution in [3.8, 4) is 16.9 Å². The SMILES string of the molecule is O=C(O)C[C@H]1CC[C@H](c2ccc(-c3ccc4nc(C(=O)NCc5cc(OC(F)(F)F)ccc5F)cn4c3)cc2)CC1. The van der Waals surface area contributed by atoms with Crippen LogP contribution in [0, 0.1) is 11.7 Å². The molecule has 214 valence electrons. The van der Waals surface area contributed by atoms with E-state index >= 15 is 0 Å². The van der Waals surface area contributed by atoms with Crippen molar-refractivity contribution in [2.24, 2.45) is 5.92 Å². The van der Waals surface area contributed by atoms with E-state index in [0.717, 1.165) is 55.0 Å². The van der Waals surface area contributed by atoms with Crippen LogP contribution in [-0.4, -0.2) is 32.7 Å². The molecule has 1 saturated carbocycles. The minimum absolute atomic E-state index is 0.0686. The van der Waals surface area contributed by atoms with Crippen molar-refractivity contribution in [2.45, 2.75) is 50.9 Å². The number of rotatable bonds is 8. The number of carboxylic acids is 1. The predicted molar refractivity (Wildman–Crippen MR) is 142 cm³/mol. The molecule has 0 spiro atoms. The number of pyridine rings is 1. The van der Waals surface area contributed by atoms with Gasteiger partial charge in [0.2, 0.25) is 0 Å². The highest BCUT2D eigenvalue weighted by Gasteiger charge is 2.31. The van der Waals surface area contributed by atoms with E-state index < -0.39 is 29.8 Å². The second kappa shape index (κ2) is 11.6. The van der Waals surface area contributed by atoms with Crippen molar-refractivity contribution in [1.82, 2.24) is 14.7 Å². The third kappa shape index (κ3) is 7.03. The second-order valence-electron chi connectivity index (χ2n) is 10.2. The lowest BCUT2D eigenvalue weighted by molar-refractivity contribution is -0.274. The van der Waals surface area contributed by atoms with Gasteiger partial charge < -0.3 is 19.6 Å². The van der Waals surface area contributed by atoms with Crippen LogP contribution in [-0.2, 0) is 11.3 Å². The zero-order chi connectivity index (χ0) is 29.1. The fourth-order valence-corrected chi connectivity index (χ4v) is 5.32. The number of ether oxygens (including phenoxy) is 1. The minimum Gasteiger partial charge on any atom is -0.481 e.